The fourth-order valence-corrected chi connectivity index (χ4v) is 1.84. The third-order valence-electron chi connectivity index (χ3n) is 2.54. The predicted molar refractivity (Wildman–Crippen MR) is 47.7 cm³/mol. The molecule has 0 saturated heterocycles. The molecule has 1 aliphatic carbocycles. The summed E-state index contributed by atoms with van der Waals surface area (Å²) in [6.45, 7) is 0. The molecule has 13 heavy (non-hydrogen) atoms. The Morgan fingerprint density at radius 3 is 2.23 bits per heavy atom. The minimum Gasteiger partial charge on any atom is -0.785 e. The Hall–Kier alpha value is -0.240. The molecule has 78 valence electrons. The van der Waals surface area contributed by atoms with Crippen molar-refractivity contribution in [2.75, 3.05) is 7.05 Å². The quantitative estimate of drug-likeness (QED) is 0.644. The molecule has 0 spiro atoms. The van der Waals surface area contributed by atoms with Gasteiger partial charge in [0.25, 0.3) is 0 Å². The van der Waals surface area contributed by atoms with E-state index in [0.29, 0.717) is 11.6 Å². The monoisotopic (exact) mass is 189 g/mol. The predicted octanol–water partition coefficient (Wildman–Crippen LogP) is 0.332. The lowest BCUT2D eigenvalue weighted by Crippen LogP contribution is -2.49. The van der Waals surface area contributed by atoms with Crippen LogP contribution in [0.4, 0.5) is 0 Å². The topological polar surface area (TPSA) is 87.8 Å². The van der Waals surface area contributed by atoms with Gasteiger partial charge in [-0.3, -0.25) is 0 Å². The van der Waals surface area contributed by atoms with Gasteiger partial charge in [-0.1, -0.05) is 12.8 Å². The molecule has 0 aliphatic heterocycles. The van der Waals surface area contributed by atoms with Crippen molar-refractivity contribution in [3.8, 4) is 0 Å². The maximum atomic E-state index is 11.1. The molecule has 2 N–H and O–H groups in total. The summed E-state index contributed by atoms with van der Waals surface area (Å²) in [5.41, 5.74) is 0. The molecule has 1 aliphatic rings. The van der Waals surface area contributed by atoms with E-state index in [0.717, 1.165) is 24.3 Å². The van der Waals surface area contributed by atoms with E-state index in [9.17, 15) is 10.4 Å². The number of nitrogens with zero attached hydrogens (tertiary/aromatic N) is 2. The Morgan fingerprint density at radius 1 is 1.23 bits per heavy atom. The highest BCUT2D eigenvalue weighted by molar-refractivity contribution is 4.87. The van der Waals surface area contributed by atoms with Crippen molar-refractivity contribution >= 4 is 0 Å². The van der Waals surface area contributed by atoms with Gasteiger partial charge in [0.05, 0.1) is 0 Å². The number of nitrogens with two attached hydrogens (primary N) is 1. The third kappa shape index (κ3) is 2.60. The van der Waals surface area contributed by atoms with Gasteiger partial charge in [-0.2, -0.15) is 5.90 Å². The summed E-state index contributed by atoms with van der Waals surface area (Å²) in [5.74, 6) is 4.76. The van der Waals surface area contributed by atoms with Crippen LogP contribution < -0.4 is 5.90 Å². The fraction of sp³-hybridized carbons (Fsp3) is 1.00. The Balaban J connectivity index is 2.56. The van der Waals surface area contributed by atoms with Gasteiger partial charge in [-0.05, 0) is 19.9 Å². The second-order valence-corrected chi connectivity index (χ2v) is 3.36. The summed E-state index contributed by atoms with van der Waals surface area (Å²) < 4.78 is 0. The molecule has 1 rings (SSSR count). The molecule has 6 nitrogen and oxygen atoms in total. The van der Waals surface area contributed by atoms with Gasteiger partial charge in [0, 0.05) is 12.1 Å². The van der Waals surface area contributed by atoms with E-state index in [1.165, 1.54) is 7.05 Å². The van der Waals surface area contributed by atoms with Crippen molar-refractivity contribution in [2.45, 2.75) is 37.8 Å². The molecule has 0 heterocycles. The average molecular weight is 189 g/mol. The summed E-state index contributed by atoms with van der Waals surface area (Å²) in [6, 6.07) is -0.726. The van der Waals surface area contributed by atoms with Gasteiger partial charge < -0.3 is 15.5 Å². The molecule has 0 aromatic carbocycles. The minimum absolute atomic E-state index is 0.296. The lowest BCUT2D eigenvalue weighted by Gasteiger charge is -2.47. The first-order chi connectivity index (χ1) is 6.16. The summed E-state index contributed by atoms with van der Waals surface area (Å²) in [6.07, 6.45) is 3.31. The number of likely N-dealkylation sites (N-methyl/N-ethyl adjacent to an activating group) is 1. The van der Waals surface area contributed by atoms with Crippen molar-refractivity contribution in [3.05, 3.63) is 10.4 Å². The first-order valence-corrected chi connectivity index (χ1v) is 4.40. The second kappa shape index (κ2) is 4.85. The van der Waals surface area contributed by atoms with Crippen molar-refractivity contribution in [1.29, 1.82) is 0 Å². The number of rotatable bonds is 3. The fourth-order valence-electron chi connectivity index (χ4n) is 1.84. The van der Waals surface area contributed by atoms with Crippen molar-refractivity contribution in [2.24, 2.45) is 5.90 Å². The average Bonchev–Trinajstić information content (AvgIpc) is 2.16. The number of hydrogen-bond acceptors (Lipinski definition) is 6. The van der Waals surface area contributed by atoms with Gasteiger partial charge in [0.15, 0.2) is 0 Å². The van der Waals surface area contributed by atoms with Crippen LogP contribution in [0.3, 0.4) is 0 Å². The molecule has 0 radical (unpaired) electrons. The molecule has 2 atom stereocenters. The Morgan fingerprint density at radius 2 is 1.77 bits per heavy atom. The zero-order chi connectivity index (χ0) is 9.84. The maximum absolute atomic E-state index is 11.1. The van der Waals surface area contributed by atoms with E-state index >= 15 is 0 Å². The van der Waals surface area contributed by atoms with E-state index in [1.807, 2.05) is 0 Å². The van der Waals surface area contributed by atoms with E-state index in [-0.39, 0.29) is 6.04 Å². The minimum atomic E-state index is -0.429. The summed E-state index contributed by atoms with van der Waals surface area (Å²) >= 11 is 0. The largest absolute Gasteiger partial charge is 0.785 e. The molecule has 2 unspecified atom stereocenters. The molecule has 0 amide bonds. The molecular formula is C7H15N3O3-2. The van der Waals surface area contributed by atoms with Crippen LogP contribution in [-0.2, 0) is 4.94 Å². The highest BCUT2D eigenvalue weighted by atomic mass is 16.9. The standard InChI is InChI=1S/C7H15N3O3/c1-9(11)6-4-2-3-5-7(6)10(12)13-8/h6-7H,2-5,8H2,1H3/q-2. The summed E-state index contributed by atoms with van der Waals surface area (Å²) in [5, 5.41) is 23.3. The zero-order valence-electron chi connectivity index (χ0n) is 7.68. The van der Waals surface area contributed by atoms with E-state index in [4.69, 9.17) is 5.90 Å². The van der Waals surface area contributed by atoms with Gasteiger partial charge in [-0.15, -0.1) is 0 Å². The van der Waals surface area contributed by atoms with Crippen LogP contribution in [0.25, 0.3) is 0 Å². The van der Waals surface area contributed by atoms with Crippen LogP contribution in [0, 0.1) is 10.4 Å². The lowest BCUT2D eigenvalue weighted by atomic mass is 9.90. The number of hydroxylamine groups is 4. The lowest BCUT2D eigenvalue weighted by molar-refractivity contribution is -0.170. The SMILES string of the molecule is CN([O-])C1CCCCC1N([O-])ON. The Labute approximate surface area is 77.3 Å². The molecule has 0 aromatic heterocycles. The smallest absolute Gasteiger partial charge is 0.0384 e. The molecular weight excluding hydrogens is 174 g/mol. The van der Waals surface area contributed by atoms with Crippen LogP contribution >= 0.6 is 0 Å². The second-order valence-electron chi connectivity index (χ2n) is 3.36. The molecule has 6 heteroatoms. The number of hydrogen-bond donors (Lipinski definition) is 1. The summed E-state index contributed by atoms with van der Waals surface area (Å²) in [7, 11) is 1.42. The van der Waals surface area contributed by atoms with Gasteiger partial charge in [0.2, 0.25) is 0 Å². The maximum Gasteiger partial charge on any atom is 0.0384 e. The van der Waals surface area contributed by atoms with Crippen LogP contribution in [0.5, 0.6) is 0 Å². The molecule has 1 saturated carbocycles. The van der Waals surface area contributed by atoms with Crippen LogP contribution in [0.2, 0.25) is 0 Å². The van der Waals surface area contributed by atoms with Crippen molar-refractivity contribution in [3.63, 3.8) is 0 Å². The third-order valence-corrected chi connectivity index (χ3v) is 2.54. The van der Waals surface area contributed by atoms with E-state index in [1.54, 1.807) is 0 Å². The van der Waals surface area contributed by atoms with Crippen LogP contribution in [0.15, 0.2) is 0 Å². The van der Waals surface area contributed by atoms with Crippen molar-refractivity contribution < 1.29 is 4.94 Å². The molecule has 1 fully saturated rings. The van der Waals surface area contributed by atoms with Crippen LogP contribution in [-0.4, -0.2) is 29.4 Å². The van der Waals surface area contributed by atoms with E-state index in [2.05, 4.69) is 4.94 Å². The first kappa shape index (κ1) is 10.8. The Kier molecular flexibility index (Phi) is 4.04. The van der Waals surface area contributed by atoms with Crippen molar-refractivity contribution in [1.82, 2.24) is 10.3 Å². The zero-order valence-corrected chi connectivity index (χ0v) is 7.68. The van der Waals surface area contributed by atoms with Gasteiger partial charge in [0.1, 0.15) is 0 Å². The highest BCUT2D eigenvalue weighted by Crippen LogP contribution is 2.25. The highest BCUT2D eigenvalue weighted by Gasteiger charge is 2.26. The molecule has 0 aromatic rings. The molecule has 0 bridgehead atoms. The first-order valence-electron chi connectivity index (χ1n) is 4.40. The Bertz CT molecular complexity index is 156. The normalized spacial score (nSPS) is 30.0. The summed E-state index contributed by atoms with van der Waals surface area (Å²) in [4.78, 5) is 4.08. The van der Waals surface area contributed by atoms with E-state index < -0.39 is 6.04 Å². The van der Waals surface area contributed by atoms with Gasteiger partial charge >= 0.3 is 0 Å². The van der Waals surface area contributed by atoms with Crippen LogP contribution in [0.1, 0.15) is 25.7 Å². The van der Waals surface area contributed by atoms with Gasteiger partial charge in [-0.25, -0.2) is 10.2 Å².